The highest BCUT2D eigenvalue weighted by Crippen LogP contribution is 2.21. The monoisotopic (exact) mass is 410 g/mol. The average molecular weight is 411 g/mol. The first-order chi connectivity index (χ1) is 12.2. The van der Waals surface area contributed by atoms with Gasteiger partial charge in [-0.2, -0.15) is 0 Å². The molecule has 0 aliphatic carbocycles. The number of carbonyl (C=O) groups excluding carboxylic acids is 1. The standard InChI is InChI=1S/C19H38O5S2/c1-18(2,13-9-6-8-12-16-22-25)23-17(20)21-15-11-7-5-10-14-19(3,4)24-26/h25-26H,5-16H2,1-4H3. The van der Waals surface area contributed by atoms with E-state index in [0.717, 1.165) is 64.2 Å². The Balaban J connectivity index is 3.64. The van der Waals surface area contributed by atoms with E-state index in [1.807, 2.05) is 27.7 Å². The third kappa shape index (κ3) is 16.1. The van der Waals surface area contributed by atoms with Crippen LogP contribution in [0.25, 0.3) is 0 Å². The maximum absolute atomic E-state index is 11.8. The fraction of sp³-hybridized carbons (Fsp3) is 0.947. The summed E-state index contributed by atoms with van der Waals surface area (Å²) in [5, 5.41) is 0. The van der Waals surface area contributed by atoms with E-state index >= 15 is 0 Å². The molecule has 0 bridgehead atoms. The number of hydrogen-bond donors (Lipinski definition) is 2. The van der Waals surface area contributed by atoms with E-state index in [0.29, 0.717) is 13.2 Å². The van der Waals surface area contributed by atoms with Crippen molar-refractivity contribution in [2.24, 2.45) is 0 Å². The van der Waals surface area contributed by atoms with Gasteiger partial charge in [0.05, 0.1) is 18.8 Å². The molecule has 0 amide bonds. The van der Waals surface area contributed by atoms with Crippen LogP contribution in [0.2, 0.25) is 0 Å². The van der Waals surface area contributed by atoms with E-state index < -0.39 is 11.8 Å². The van der Waals surface area contributed by atoms with Crippen molar-refractivity contribution in [1.29, 1.82) is 0 Å². The third-order valence-corrected chi connectivity index (χ3v) is 4.94. The first kappa shape index (κ1) is 25.9. The normalized spacial score (nSPS) is 12.2. The highest BCUT2D eigenvalue weighted by Gasteiger charge is 2.23. The lowest BCUT2D eigenvalue weighted by atomic mass is 10.00. The highest BCUT2D eigenvalue weighted by molar-refractivity contribution is 7.75. The van der Waals surface area contributed by atoms with Gasteiger partial charge in [-0.15, -0.1) is 0 Å². The van der Waals surface area contributed by atoms with Gasteiger partial charge in [0, 0.05) is 0 Å². The molecule has 0 saturated heterocycles. The SMILES string of the molecule is CC(C)(CCCCCCOC(=O)OC(C)(C)CCCCCCOS)OS. The number of unbranched alkanes of at least 4 members (excludes halogenated alkanes) is 6. The van der Waals surface area contributed by atoms with Crippen LogP contribution in [0.1, 0.15) is 91.9 Å². The molecule has 156 valence electrons. The molecule has 0 aromatic rings. The maximum Gasteiger partial charge on any atom is 0.508 e. The van der Waals surface area contributed by atoms with E-state index in [2.05, 4.69) is 25.8 Å². The topological polar surface area (TPSA) is 54.0 Å². The summed E-state index contributed by atoms with van der Waals surface area (Å²) >= 11 is 7.59. The Morgan fingerprint density at radius 2 is 1.23 bits per heavy atom. The second-order valence-corrected chi connectivity index (χ2v) is 8.41. The molecule has 7 heteroatoms. The number of rotatable bonds is 16. The van der Waals surface area contributed by atoms with Crippen LogP contribution in [0, 0.1) is 0 Å². The minimum absolute atomic E-state index is 0.185. The molecule has 0 aliphatic heterocycles. The molecule has 0 aromatic heterocycles. The summed E-state index contributed by atoms with van der Waals surface area (Å²) in [6.07, 6.45) is 9.47. The predicted molar refractivity (Wildman–Crippen MR) is 112 cm³/mol. The Morgan fingerprint density at radius 1 is 0.731 bits per heavy atom. The van der Waals surface area contributed by atoms with E-state index in [1.165, 1.54) is 0 Å². The van der Waals surface area contributed by atoms with Crippen LogP contribution in [-0.4, -0.2) is 30.6 Å². The number of thiol groups is 2. The summed E-state index contributed by atoms with van der Waals surface area (Å²) in [5.41, 5.74) is -0.676. The van der Waals surface area contributed by atoms with E-state index in [-0.39, 0.29) is 5.60 Å². The molecular weight excluding hydrogens is 372 g/mol. The van der Waals surface area contributed by atoms with Gasteiger partial charge in [-0.25, -0.2) is 4.79 Å². The van der Waals surface area contributed by atoms with E-state index in [4.69, 9.17) is 17.8 Å². The second kappa shape index (κ2) is 14.9. The summed E-state index contributed by atoms with van der Waals surface area (Å²) in [5.74, 6) is 0. The minimum atomic E-state index is -0.567. The van der Waals surface area contributed by atoms with Crippen molar-refractivity contribution >= 4 is 32.0 Å². The van der Waals surface area contributed by atoms with E-state index in [1.54, 1.807) is 0 Å². The van der Waals surface area contributed by atoms with Crippen LogP contribution in [0.15, 0.2) is 0 Å². The van der Waals surface area contributed by atoms with Crippen molar-refractivity contribution in [3.05, 3.63) is 0 Å². The van der Waals surface area contributed by atoms with E-state index in [9.17, 15) is 4.79 Å². The Morgan fingerprint density at radius 3 is 1.77 bits per heavy atom. The summed E-state index contributed by atoms with van der Waals surface area (Å²) in [6, 6.07) is 0. The van der Waals surface area contributed by atoms with Crippen LogP contribution in [0.3, 0.4) is 0 Å². The molecule has 0 unspecified atom stereocenters. The summed E-state index contributed by atoms with van der Waals surface area (Å²) in [7, 11) is 0. The Hall–Kier alpha value is -0.110. The molecule has 0 aliphatic rings. The van der Waals surface area contributed by atoms with Crippen molar-refractivity contribution in [3.63, 3.8) is 0 Å². The first-order valence-electron chi connectivity index (χ1n) is 9.67. The number of ether oxygens (including phenoxy) is 2. The molecule has 0 heterocycles. The van der Waals surface area contributed by atoms with Crippen LogP contribution in [-0.2, 0) is 17.8 Å². The van der Waals surface area contributed by atoms with Crippen LogP contribution < -0.4 is 0 Å². The molecule has 0 rings (SSSR count). The van der Waals surface area contributed by atoms with Gasteiger partial charge in [0.25, 0.3) is 0 Å². The van der Waals surface area contributed by atoms with Crippen molar-refractivity contribution < 1.29 is 22.6 Å². The third-order valence-electron chi connectivity index (χ3n) is 4.26. The zero-order valence-electron chi connectivity index (χ0n) is 16.9. The summed E-state index contributed by atoms with van der Waals surface area (Å²) < 4.78 is 20.4. The Kier molecular flexibility index (Phi) is 14.8. The lowest BCUT2D eigenvalue weighted by molar-refractivity contribution is -0.0219. The minimum Gasteiger partial charge on any atom is -0.434 e. The predicted octanol–water partition coefficient (Wildman–Crippen LogP) is 6.32. The highest BCUT2D eigenvalue weighted by atomic mass is 32.1. The van der Waals surface area contributed by atoms with Gasteiger partial charge in [0.2, 0.25) is 0 Å². The first-order valence-corrected chi connectivity index (χ1v) is 10.4. The summed E-state index contributed by atoms with van der Waals surface area (Å²) in [6.45, 7) is 8.99. The fourth-order valence-electron chi connectivity index (χ4n) is 2.58. The molecule has 0 saturated carbocycles. The average Bonchev–Trinajstić information content (AvgIpc) is 2.56. The molecule has 5 nitrogen and oxygen atoms in total. The van der Waals surface area contributed by atoms with Crippen LogP contribution >= 0.6 is 25.8 Å². The molecule has 0 spiro atoms. The lowest BCUT2D eigenvalue weighted by Crippen LogP contribution is -2.28. The zero-order chi connectivity index (χ0) is 19.9. The Labute approximate surface area is 171 Å². The molecule has 0 fully saturated rings. The quantitative estimate of drug-likeness (QED) is 0.135. The van der Waals surface area contributed by atoms with Gasteiger partial charge in [0.15, 0.2) is 0 Å². The molecule has 0 atom stereocenters. The molecule has 26 heavy (non-hydrogen) atoms. The second-order valence-electron chi connectivity index (χ2n) is 7.97. The molecular formula is C19H38O5S2. The van der Waals surface area contributed by atoms with Gasteiger partial charge in [0.1, 0.15) is 5.60 Å². The number of carbonyl (C=O) groups is 1. The largest absolute Gasteiger partial charge is 0.508 e. The fourth-order valence-corrected chi connectivity index (χ4v) is 2.80. The van der Waals surface area contributed by atoms with Gasteiger partial charge < -0.3 is 17.8 Å². The zero-order valence-corrected chi connectivity index (χ0v) is 18.7. The number of hydrogen-bond acceptors (Lipinski definition) is 7. The van der Waals surface area contributed by atoms with Gasteiger partial charge in [-0.3, -0.25) is 0 Å². The lowest BCUT2D eigenvalue weighted by Gasteiger charge is -2.24. The van der Waals surface area contributed by atoms with Gasteiger partial charge in [-0.05, 0) is 85.6 Å². The van der Waals surface area contributed by atoms with Crippen molar-refractivity contribution in [2.45, 2.75) is 103 Å². The van der Waals surface area contributed by atoms with Crippen molar-refractivity contribution in [1.82, 2.24) is 0 Å². The van der Waals surface area contributed by atoms with Gasteiger partial charge in [-0.1, -0.05) is 32.1 Å². The summed E-state index contributed by atoms with van der Waals surface area (Å²) in [4.78, 5) is 11.8. The van der Waals surface area contributed by atoms with Crippen molar-refractivity contribution in [2.75, 3.05) is 13.2 Å². The van der Waals surface area contributed by atoms with Crippen molar-refractivity contribution in [3.8, 4) is 0 Å². The van der Waals surface area contributed by atoms with Crippen LogP contribution in [0.4, 0.5) is 4.79 Å². The van der Waals surface area contributed by atoms with Gasteiger partial charge >= 0.3 is 6.16 Å². The molecule has 0 aromatic carbocycles. The maximum atomic E-state index is 11.8. The molecule has 0 radical (unpaired) electrons. The Bertz CT molecular complexity index is 362. The molecule has 0 N–H and O–H groups in total. The smallest absolute Gasteiger partial charge is 0.434 e. The van der Waals surface area contributed by atoms with Crippen LogP contribution in [0.5, 0.6) is 0 Å².